The lowest BCUT2D eigenvalue weighted by molar-refractivity contribution is -0.152. The molecule has 0 bridgehead atoms. The van der Waals surface area contributed by atoms with E-state index in [1.54, 1.807) is 4.90 Å². The van der Waals surface area contributed by atoms with Crippen molar-refractivity contribution < 1.29 is 14.7 Å². The first-order chi connectivity index (χ1) is 8.94. The topological polar surface area (TPSA) is 83.6 Å². The van der Waals surface area contributed by atoms with Crippen molar-refractivity contribution in [3.8, 4) is 0 Å². The summed E-state index contributed by atoms with van der Waals surface area (Å²) in [6, 6.07) is -0.666. The van der Waals surface area contributed by atoms with Crippen LogP contribution in [0.15, 0.2) is 0 Å². The van der Waals surface area contributed by atoms with Crippen LogP contribution in [0.2, 0.25) is 0 Å². The van der Waals surface area contributed by atoms with Crippen LogP contribution in [0.5, 0.6) is 0 Å². The quantitative estimate of drug-likeness (QED) is 0.803. The van der Waals surface area contributed by atoms with Crippen molar-refractivity contribution >= 4 is 11.9 Å². The van der Waals surface area contributed by atoms with E-state index in [0.29, 0.717) is 25.3 Å². The van der Waals surface area contributed by atoms with Gasteiger partial charge in [0.1, 0.15) is 6.04 Å². The number of amides is 1. The molecule has 1 amide bonds. The largest absolute Gasteiger partial charge is 0.480 e. The van der Waals surface area contributed by atoms with Crippen molar-refractivity contribution in [2.24, 2.45) is 17.6 Å². The summed E-state index contributed by atoms with van der Waals surface area (Å²) < 4.78 is 0. The van der Waals surface area contributed by atoms with Crippen molar-refractivity contribution in [1.29, 1.82) is 0 Å². The van der Waals surface area contributed by atoms with Crippen LogP contribution in [0.1, 0.15) is 46.0 Å². The summed E-state index contributed by atoms with van der Waals surface area (Å²) in [7, 11) is 0. The molecule has 1 heterocycles. The van der Waals surface area contributed by atoms with Crippen LogP contribution in [0.4, 0.5) is 0 Å². The Bertz CT molecular complexity index is 379. The summed E-state index contributed by atoms with van der Waals surface area (Å²) in [6.07, 6.45) is 4.12. The molecule has 2 fully saturated rings. The van der Waals surface area contributed by atoms with Gasteiger partial charge in [-0.1, -0.05) is 20.3 Å². The number of likely N-dealkylation sites (tertiary alicyclic amines) is 1. The fraction of sp³-hybridized carbons (Fsp3) is 0.857. The van der Waals surface area contributed by atoms with Crippen LogP contribution in [-0.2, 0) is 9.59 Å². The van der Waals surface area contributed by atoms with Crippen molar-refractivity contribution in [3.63, 3.8) is 0 Å². The maximum atomic E-state index is 12.6. The first kappa shape index (κ1) is 14.3. The van der Waals surface area contributed by atoms with E-state index >= 15 is 0 Å². The molecule has 1 aliphatic heterocycles. The van der Waals surface area contributed by atoms with Crippen molar-refractivity contribution in [2.45, 2.75) is 57.5 Å². The minimum Gasteiger partial charge on any atom is -0.480 e. The summed E-state index contributed by atoms with van der Waals surface area (Å²) in [4.78, 5) is 25.7. The lowest BCUT2D eigenvalue weighted by Gasteiger charge is -2.33. The predicted octanol–water partition coefficient (Wildman–Crippen LogP) is 1.22. The molecule has 19 heavy (non-hydrogen) atoms. The third kappa shape index (κ3) is 2.24. The predicted molar refractivity (Wildman–Crippen MR) is 71.5 cm³/mol. The number of carboxylic acid groups (broad SMARTS) is 1. The Morgan fingerprint density at radius 3 is 2.47 bits per heavy atom. The molecule has 3 unspecified atom stereocenters. The smallest absolute Gasteiger partial charge is 0.326 e. The van der Waals surface area contributed by atoms with Crippen LogP contribution in [0.25, 0.3) is 0 Å². The van der Waals surface area contributed by atoms with Crippen LogP contribution in [-0.4, -0.2) is 40.0 Å². The number of carboxylic acids is 1. The van der Waals surface area contributed by atoms with Crippen LogP contribution in [0, 0.1) is 11.8 Å². The summed E-state index contributed by atoms with van der Waals surface area (Å²) in [5.74, 6) is -0.584. The summed E-state index contributed by atoms with van der Waals surface area (Å²) >= 11 is 0. The second kappa shape index (κ2) is 5.12. The van der Waals surface area contributed by atoms with Gasteiger partial charge in [-0.05, 0) is 37.5 Å². The van der Waals surface area contributed by atoms with E-state index in [4.69, 9.17) is 5.73 Å². The zero-order chi connectivity index (χ0) is 14.2. The van der Waals surface area contributed by atoms with Crippen molar-refractivity contribution in [2.75, 3.05) is 6.54 Å². The first-order valence-corrected chi connectivity index (χ1v) is 7.27. The molecule has 0 spiro atoms. The molecule has 2 aliphatic rings. The van der Waals surface area contributed by atoms with Gasteiger partial charge in [-0.25, -0.2) is 4.79 Å². The third-order valence-corrected chi connectivity index (χ3v) is 5.09. The Balaban J connectivity index is 2.24. The normalized spacial score (nSPS) is 30.5. The molecule has 1 aliphatic carbocycles. The highest BCUT2D eigenvalue weighted by molar-refractivity contribution is 5.90. The lowest BCUT2D eigenvalue weighted by atomic mass is 9.91. The van der Waals surface area contributed by atoms with Gasteiger partial charge in [0.25, 0.3) is 0 Å². The van der Waals surface area contributed by atoms with Gasteiger partial charge in [-0.2, -0.15) is 0 Å². The Kier molecular flexibility index (Phi) is 3.85. The lowest BCUT2D eigenvalue weighted by Crippen LogP contribution is -2.57. The molecule has 5 heteroatoms. The Labute approximate surface area is 114 Å². The van der Waals surface area contributed by atoms with Crippen LogP contribution < -0.4 is 5.73 Å². The SMILES string of the molecule is CCC(N)(CC)C(=O)N1CC2CCCC2C1C(=O)O. The molecule has 0 radical (unpaired) electrons. The molecule has 0 aromatic rings. The summed E-state index contributed by atoms with van der Waals surface area (Å²) in [6.45, 7) is 4.33. The van der Waals surface area contributed by atoms with Gasteiger partial charge in [0.2, 0.25) is 5.91 Å². The summed E-state index contributed by atoms with van der Waals surface area (Å²) in [5, 5.41) is 9.46. The molecule has 1 saturated carbocycles. The minimum atomic E-state index is -0.910. The van der Waals surface area contributed by atoms with E-state index in [-0.39, 0.29) is 11.8 Å². The van der Waals surface area contributed by atoms with E-state index in [1.807, 2.05) is 13.8 Å². The Morgan fingerprint density at radius 2 is 1.95 bits per heavy atom. The van der Waals surface area contributed by atoms with Gasteiger partial charge in [0, 0.05) is 6.54 Å². The number of carbonyl (C=O) groups is 2. The molecule has 1 saturated heterocycles. The van der Waals surface area contributed by atoms with E-state index in [1.165, 1.54) is 0 Å². The van der Waals surface area contributed by atoms with Crippen LogP contribution in [0.3, 0.4) is 0 Å². The fourth-order valence-corrected chi connectivity index (χ4v) is 3.67. The van der Waals surface area contributed by atoms with E-state index in [9.17, 15) is 14.7 Å². The van der Waals surface area contributed by atoms with Gasteiger partial charge in [-0.15, -0.1) is 0 Å². The molecule has 0 aromatic carbocycles. The monoisotopic (exact) mass is 268 g/mol. The molecule has 3 atom stereocenters. The molecular formula is C14H24N2O3. The van der Waals surface area contributed by atoms with Gasteiger partial charge in [0.15, 0.2) is 0 Å². The minimum absolute atomic E-state index is 0.124. The third-order valence-electron chi connectivity index (χ3n) is 5.09. The second-order valence-corrected chi connectivity index (χ2v) is 5.96. The number of fused-ring (bicyclic) bond motifs is 1. The van der Waals surface area contributed by atoms with Gasteiger partial charge < -0.3 is 15.7 Å². The first-order valence-electron chi connectivity index (χ1n) is 7.27. The number of carbonyl (C=O) groups excluding carboxylic acids is 1. The number of hydrogen-bond donors (Lipinski definition) is 2. The Hall–Kier alpha value is -1.10. The number of hydrogen-bond acceptors (Lipinski definition) is 3. The van der Waals surface area contributed by atoms with Gasteiger partial charge in [-0.3, -0.25) is 4.79 Å². The average Bonchev–Trinajstić information content (AvgIpc) is 2.95. The van der Waals surface area contributed by atoms with E-state index in [0.717, 1.165) is 19.3 Å². The van der Waals surface area contributed by atoms with Gasteiger partial charge >= 0.3 is 5.97 Å². The Morgan fingerprint density at radius 1 is 1.32 bits per heavy atom. The molecule has 2 rings (SSSR count). The average molecular weight is 268 g/mol. The number of aliphatic carboxylic acids is 1. The highest BCUT2D eigenvalue weighted by atomic mass is 16.4. The number of rotatable bonds is 4. The van der Waals surface area contributed by atoms with E-state index in [2.05, 4.69) is 0 Å². The second-order valence-electron chi connectivity index (χ2n) is 5.96. The number of nitrogens with two attached hydrogens (primary N) is 1. The summed E-state index contributed by atoms with van der Waals surface area (Å²) in [5.41, 5.74) is 5.24. The van der Waals surface area contributed by atoms with E-state index < -0.39 is 17.6 Å². The maximum Gasteiger partial charge on any atom is 0.326 e. The molecular weight excluding hydrogens is 244 g/mol. The molecule has 5 nitrogen and oxygen atoms in total. The number of nitrogens with zero attached hydrogens (tertiary/aromatic N) is 1. The van der Waals surface area contributed by atoms with Crippen LogP contribution >= 0.6 is 0 Å². The fourth-order valence-electron chi connectivity index (χ4n) is 3.67. The zero-order valence-electron chi connectivity index (χ0n) is 11.8. The molecule has 0 aromatic heterocycles. The highest BCUT2D eigenvalue weighted by Crippen LogP contribution is 2.43. The van der Waals surface area contributed by atoms with Crippen molar-refractivity contribution in [1.82, 2.24) is 4.90 Å². The van der Waals surface area contributed by atoms with Crippen molar-refractivity contribution in [3.05, 3.63) is 0 Å². The molecule has 3 N–H and O–H groups in total. The molecule has 108 valence electrons. The van der Waals surface area contributed by atoms with Gasteiger partial charge in [0.05, 0.1) is 5.54 Å². The highest BCUT2D eigenvalue weighted by Gasteiger charge is 2.52. The maximum absolute atomic E-state index is 12.6. The zero-order valence-corrected chi connectivity index (χ0v) is 11.8. The standard InChI is InChI=1S/C14H24N2O3/c1-3-14(15,4-2)13(19)16-8-9-6-5-7-10(9)11(16)12(17)18/h9-11H,3-8,15H2,1-2H3,(H,17,18).